The molecule has 0 aliphatic carbocycles. The largest absolute Gasteiger partial charge is 0.369 e. The van der Waals surface area contributed by atoms with Crippen LogP contribution in [-0.2, 0) is 6.54 Å². The standard InChI is InChI=1S/C18H24N4/c1-2-7-18(8-3-1)22-14-12-21(13-15-22)11-10-19-16-17-6-4-5-9-20-17/h1-9,19H,10-16H2. The van der Waals surface area contributed by atoms with Gasteiger partial charge in [-0.2, -0.15) is 0 Å². The monoisotopic (exact) mass is 296 g/mol. The molecule has 1 aliphatic rings. The average molecular weight is 296 g/mol. The first-order valence-electron chi connectivity index (χ1n) is 8.05. The lowest BCUT2D eigenvalue weighted by molar-refractivity contribution is 0.257. The Morgan fingerprint density at radius 1 is 0.909 bits per heavy atom. The van der Waals surface area contributed by atoms with Gasteiger partial charge in [0, 0.05) is 57.7 Å². The van der Waals surface area contributed by atoms with Gasteiger partial charge in [-0.1, -0.05) is 24.3 Å². The van der Waals surface area contributed by atoms with Crippen LogP contribution < -0.4 is 10.2 Å². The van der Waals surface area contributed by atoms with Crippen molar-refractivity contribution in [3.8, 4) is 0 Å². The van der Waals surface area contributed by atoms with E-state index < -0.39 is 0 Å². The van der Waals surface area contributed by atoms with Gasteiger partial charge >= 0.3 is 0 Å². The summed E-state index contributed by atoms with van der Waals surface area (Å²) >= 11 is 0. The van der Waals surface area contributed by atoms with E-state index in [1.165, 1.54) is 5.69 Å². The van der Waals surface area contributed by atoms with Crippen LogP contribution in [0, 0.1) is 0 Å². The summed E-state index contributed by atoms with van der Waals surface area (Å²) in [7, 11) is 0. The molecule has 1 aromatic carbocycles. The van der Waals surface area contributed by atoms with Gasteiger partial charge < -0.3 is 10.2 Å². The van der Waals surface area contributed by atoms with Gasteiger partial charge in [0.1, 0.15) is 0 Å². The van der Waals surface area contributed by atoms with Crippen molar-refractivity contribution < 1.29 is 0 Å². The smallest absolute Gasteiger partial charge is 0.0541 e. The van der Waals surface area contributed by atoms with Crippen LogP contribution >= 0.6 is 0 Å². The van der Waals surface area contributed by atoms with Gasteiger partial charge in [-0.3, -0.25) is 9.88 Å². The van der Waals surface area contributed by atoms with Crippen molar-refractivity contribution >= 4 is 5.69 Å². The first kappa shape index (κ1) is 15.0. The number of hydrogen-bond acceptors (Lipinski definition) is 4. The van der Waals surface area contributed by atoms with Crippen molar-refractivity contribution in [1.82, 2.24) is 15.2 Å². The predicted molar refractivity (Wildman–Crippen MR) is 91.0 cm³/mol. The maximum atomic E-state index is 4.32. The van der Waals surface area contributed by atoms with E-state index in [4.69, 9.17) is 0 Å². The van der Waals surface area contributed by atoms with Crippen molar-refractivity contribution in [2.75, 3.05) is 44.2 Å². The molecule has 0 radical (unpaired) electrons. The number of anilines is 1. The van der Waals surface area contributed by atoms with E-state index >= 15 is 0 Å². The zero-order valence-corrected chi connectivity index (χ0v) is 13.0. The van der Waals surface area contributed by atoms with Gasteiger partial charge in [0.15, 0.2) is 0 Å². The molecular formula is C18H24N4. The minimum Gasteiger partial charge on any atom is -0.369 e. The maximum Gasteiger partial charge on any atom is 0.0541 e. The minimum absolute atomic E-state index is 0.852. The van der Waals surface area contributed by atoms with Crippen molar-refractivity contribution in [2.45, 2.75) is 6.54 Å². The molecule has 0 spiro atoms. The molecule has 0 bridgehead atoms. The topological polar surface area (TPSA) is 31.4 Å². The Labute approximate surface area is 132 Å². The Hall–Kier alpha value is -1.91. The van der Waals surface area contributed by atoms with Crippen LogP contribution in [0.5, 0.6) is 0 Å². The second kappa shape index (κ2) is 7.92. The van der Waals surface area contributed by atoms with Crippen molar-refractivity contribution in [2.24, 2.45) is 0 Å². The van der Waals surface area contributed by atoms with E-state index in [0.29, 0.717) is 0 Å². The minimum atomic E-state index is 0.852. The second-order valence-corrected chi connectivity index (χ2v) is 5.66. The third-order valence-electron chi connectivity index (χ3n) is 4.13. The molecule has 4 nitrogen and oxygen atoms in total. The molecular weight excluding hydrogens is 272 g/mol. The van der Waals surface area contributed by atoms with Gasteiger partial charge in [0.05, 0.1) is 5.69 Å². The summed E-state index contributed by atoms with van der Waals surface area (Å²) < 4.78 is 0. The van der Waals surface area contributed by atoms with Crippen molar-refractivity contribution in [3.63, 3.8) is 0 Å². The maximum absolute atomic E-state index is 4.32. The molecule has 2 heterocycles. The first-order chi connectivity index (χ1) is 10.9. The number of rotatable bonds is 6. The lowest BCUT2D eigenvalue weighted by Crippen LogP contribution is -2.48. The number of para-hydroxylation sites is 1. The summed E-state index contributed by atoms with van der Waals surface area (Å²) in [5.74, 6) is 0. The molecule has 0 atom stereocenters. The quantitative estimate of drug-likeness (QED) is 0.826. The Kier molecular flexibility index (Phi) is 5.40. The van der Waals surface area contributed by atoms with Crippen LogP contribution in [0.25, 0.3) is 0 Å². The third-order valence-corrected chi connectivity index (χ3v) is 4.13. The summed E-state index contributed by atoms with van der Waals surface area (Å²) in [5.41, 5.74) is 2.45. The highest BCUT2D eigenvalue weighted by molar-refractivity contribution is 5.46. The molecule has 1 saturated heterocycles. The normalized spacial score (nSPS) is 15.9. The Morgan fingerprint density at radius 3 is 2.41 bits per heavy atom. The van der Waals surface area contributed by atoms with E-state index in [-0.39, 0.29) is 0 Å². The van der Waals surface area contributed by atoms with E-state index in [1.54, 1.807) is 0 Å². The highest BCUT2D eigenvalue weighted by Crippen LogP contribution is 2.15. The Morgan fingerprint density at radius 2 is 1.68 bits per heavy atom. The fourth-order valence-electron chi connectivity index (χ4n) is 2.82. The zero-order chi connectivity index (χ0) is 15.0. The molecule has 0 amide bonds. The summed E-state index contributed by atoms with van der Waals surface area (Å²) in [6.07, 6.45) is 1.85. The number of nitrogens with one attached hydrogen (secondary N) is 1. The molecule has 0 saturated carbocycles. The predicted octanol–water partition coefficient (Wildman–Crippen LogP) is 1.99. The Bertz CT molecular complexity index is 536. The van der Waals surface area contributed by atoms with Crippen LogP contribution in [0.15, 0.2) is 54.7 Å². The SMILES string of the molecule is c1ccc(N2CCN(CCNCc3ccccn3)CC2)cc1. The van der Waals surface area contributed by atoms with E-state index in [1.807, 2.05) is 18.3 Å². The van der Waals surface area contributed by atoms with Gasteiger partial charge in [0.25, 0.3) is 0 Å². The van der Waals surface area contributed by atoms with Crippen molar-refractivity contribution in [1.29, 1.82) is 0 Å². The van der Waals surface area contributed by atoms with Crippen LogP contribution in [0.4, 0.5) is 5.69 Å². The van der Waals surface area contributed by atoms with Crippen LogP contribution in [-0.4, -0.2) is 49.2 Å². The molecule has 1 N–H and O–H groups in total. The van der Waals surface area contributed by atoms with Gasteiger partial charge in [-0.05, 0) is 24.3 Å². The van der Waals surface area contributed by atoms with E-state index in [0.717, 1.165) is 51.5 Å². The number of nitrogens with zero attached hydrogens (tertiary/aromatic N) is 3. The lowest BCUT2D eigenvalue weighted by Gasteiger charge is -2.36. The van der Waals surface area contributed by atoms with Crippen LogP contribution in [0.3, 0.4) is 0 Å². The Balaban J connectivity index is 1.34. The average Bonchev–Trinajstić information content (AvgIpc) is 2.61. The summed E-state index contributed by atoms with van der Waals surface area (Å²) in [5, 5.41) is 3.47. The van der Waals surface area contributed by atoms with Crippen molar-refractivity contribution in [3.05, 3.63) is 60.4 Å². The van der Waals surface area contributed by atoms with E-state index in [9.17, 15) is 0 Å². The molecule has 2 aromatic rings. The number of benzene rings is 1. The zero-order valence-electron chi connectivity index (χ0n) is 13.0. The highest BCUT2D eigenvalue weighted by Gasteiger charge is 2.16. The third kappa shape index (κ3) is 4.29. The molecule has 1 fully saturated rings. The molecule has 3 rings (SSSR count). The lowest BCUT2D eigenvalue weighted by atomic mass is 10.2. The van der Waals surface area contributed by atoms with Gasteiger partial charge in [-0.25, -0.2) is 0 Å². The first-order valence-corrected chi connectivity index (χ1v) is 8.05. The summed E-state index contributed by atoms with van der Waals surface area (Å²) in [6.45, 7) is 7.48. The fourth-order valence-corrected chi connectivity index (χ4v) is 2.82. The number of pyridine rings is 1. The van der Waals surface area contributed by atoms with Gasteiger partial charge in [0.2, 0.25) is 0 Å². The highest BCUT2D eigenvalue weighted by atomic mass is 15.3. The molecule has 116 valence electrons. The summed E-state index contributed by atoms with van der Waals surface area (Å²) in [6, 6.07) is 16.8. The van der Waals surface area contributed by atoms with Crippen LogP contribution in [0.2, 0.25) is 0 Å². The van der Waals surface area contributed by atoms with E-state index in [2.05, 4.69) is 56.5 Å². The molecule has 1 aliphatic heterocycles. The second-order valence-electron chi connectivity index (χ2n) is 5.66. The molecule has 1 aromatic heterocycles. The molecule has 0 unspecified atom stereocenters. The number of piperazine rings is 1. The molecule has 22 heavy (non-hydrogen) atoms. The van der Waals surface area contributed by atoms with Crippen LogP contribution in [0.1, 0.15) is 5.69 Å². The number of hydrogen-bond donors (Lipinski definition) is 1. The number of aromatic nitrogens is 1. The van der Waals surface area contributed by atoms with Gasteiger partial charge in [-0.15, -0.1) is 0 Å². The summed E-state index contributed by atoms with van der Waals surface area (Å²) in [4.78, 5) is 9.33. The molecule has 4 heteroatoms. The fraction of sp³-hybridized carbons (Fsp3) is 0.389.